The summed E-state index contributed by atoms with van der Waals surface area (Å²) < 4.78 is 1.44. The predicted octanol–water partition coefficient (Wildman–Crippen LogP) is 2.22. The molecule has 0 unspecified atom stereocenters. The molecular formula is C10H7ClN2O2. The number of carboxylic acid groups (broad SMARTS) is 1. The quantitative estimate of drug-likeness (QED) is 0.848. The molecule has 1 N–H and O–H groups in total. The molecule has 0 bridgehead atoms. The van der Waals surface area contributed by atoms with Gasteiger partial charge in [-0.05, 0) is 18.2 Å². The lowest BCUT2D eigenvalue weighted by atomic mass is 10.2. The first-order valence-corrected chi connectivity index (χ1v) is 4.60. The summed E-state index contributed by atoms with van der Waals surface area (Å²) in [6.07, 6.45) is 3.21. The van der Waals surface area contributed by atoms with Gasteiger partial charge in [0.2, 0.25) is 0 Å². The van der Waals surface area contributed by atoms with Crippen molar-refractivity contribution in [2.24, 2.45) is 0 Å². The largest absolute Gasteiger partial charge is 0.478 e. The molecule has 0 radical (unpaired) electrons. The van der Waals surface area contributed by atoms with Crippen LogP contribution in [-0.2, 0) is 0 Å². The summed E-state index contributed by atoms with van der Waals surface area (Å²) in [5, 5.41) is 13.3. The van der Waals surface area contributed by atoms with E-state index in [2.05, 4.69) is 5.10 Å². The Kier molecular flexibility index (Phi) is 2.43. The Bertz CT molecular complexity index is 494. The molecule has 0 spiro atoms. The summed E-state index contributed by atoms with van der Waals surface area (Å²) in [6, 6.07) is 6.42. The van der Waals surface area contributed by atoms with Crippen molar-refractivity contribution in [3.8, 4) is 5.69 Å². The number of aromatic nitrogens is 2. The first-order valence-electron chi connectivity index (χ1n) is 4.22. The Balaban J connectivity index is 2.68. The first kappa shape index (κ1) is 9.73. The SMILES string of the molecule is O=C(O)c1cccc(Cl)c1-n1cccn1. The molecule has 0 saturated carbocycles. The van der Waals surface area contributed by atoms with Gasteiger partial charge in [0.1, 0.15) is 0 Å². The molecule has 1 aromatic carbocycles. The van der Waals surface area contributed by atoms with Gasteiger partial charge in [-0.2, -0.15) is 5.10 Å². The highest BCUT2D eigenvalue weighted by atomic mass is 35.5. The van der Waals surface area contributed by atoms with Gasteiger partial charge in [-0.15, -0.1) is 0 Å². The summed E-state index contributed by atoms with van der Waals surface area (Å²) in [6.45, 7) is 0. The van der Waals surface area contributed by atoms with Crippen molar-refractivity contribution >= 4 is 17.6 Å². The minimum absolute atomic E-state index is 0.131. The second-order valence-electron chi connectivity index (χ2n) is 2.89. The van der Waals surface area contributed by atoms with Crippen molar-refractivity contribution in [3.05, 3.63) is 47.2 Å². The van der Waals surface area contributed by atoms with E-state index in [9.17, 15) is 4.79 Å². The van der Waals surface area contributed by atoms with Crippen LogP contribution in [0.1, 0.15) is 10.4 Å². The third-order valence-electron chi connectivity index (χ3n) is 1.95. The Morgan fingerprint density at radius 3 is 2.80 bits per heavy atom. The molecule has 1 heterocycles. The molecular weight excluding hydrogens is 216 g/mol. The molecule has 0 fully saturated rings. The van der Waals surface area contributed by atoms with Gasteiger partial charge in [0.05, 0.1) is 16.3 Å². The summed E-state index contributed by atoms with van der Waals surface area (Å²) in [5.74, 6) is -1.02. The second kappa shape index (κ2) is 3.74. The predicted molar refractivity (Wildman–Crippen MR) is 55.5 cm³/mol. The van der Waals surface area contributed by atoms with Crippen LogP contribution in [0.3, 0.4) is 0 Å². The zero-order valence-corrected chi connectivity index (χ0v) is 8.35. The molecule has 0 amide bonds. The van der Waals surface area contributed by atoms with Crippen molar-refractivity contribution in [1.29, 1.82) is 0 Å². The van der Waals surface area contributed by atoms with E-state index in [0.29, 0.717) is 10.7 Å². The third-order valence-corrected chi connectivity index (χ3v) is 2.26. The number of hydrogen-bond acceptors (Lipinski definition) is 2. The van der Waals surface area contributed by atoms with Crippen LogP contribution in [0.5, 0.6) is 0 Å². The molecule has 15 heavy (non-hydrogen) atoms. The molecule has 2 rings (SSSR count). The number of rotatable bonds is 2. The summed E-state index contributed by atoms with van der Waals surface area (Å²) in [4.78, 5) is 11.0. The topological polar surface area (TPSA) is 55.1 Å². The lowest BCUT2D eigenvalue weighted by Gasteiger charge is -2.07. The van der Waals surface area contributed by atoms with Crippen molar-refractivity contribution in [2.75, 3.05) is 0 Å². The number of hydrogen-bond donors (Lipinski definition) is 1. The van der Waals surface area contributed by atoms with Crippen molar-refractivity contribution in [3.63, 3.8) is 0 Å². The number of nitrogens with zero attached hydrogens (tertiary/aromatic N) is 2. The van der Waals surface area contributed by atoms with Gasteiger partial charge in [-0.3, -0.25) is 0 Å². The summed E-state index contributed by atoms with van der Waals surface area (Å²) in [5.41, 5.74) is 0.517. The normalized spacial score (nSPS) is 10.2. The Hall–Kier alpha value is -1.81. The fraction of sp³-hybridized carbons (Fsp3) is 0. The molecule has 0 atom stereocenters. The van der Waals surface area contributed by atoms with Crippen LogP contribution in [0, 0.1) is 0 Å². The van der Waals surface area contributed by atoms with E-state index in [-0.39, 0.29) is 5.56 Å². The van der Waals surface area contributed by atoms with Crippen LogP contribution in [0.2, 0.25) is 5.02 Å². The zero-order chi connectivity index (χ0) is 10.8. The number of carboxylic acids is 1. The van der Waals surface area contributed by atoms with Crippen LogP contribution in [0.25, 0.3) is 5.69 Å². The molecule has 2 aromatic rings. The van der Waals surface area contributed by atoms with Gasteiger partial charge in [0, 0.05) is 12.4 Å². The van der Waals surface area contributed by atoms with Crippen molar-refractivity contribution in [2.45, 2.75) is 0 Å². The molecule has 76 valence electrons. The minimum Gasteiger partial charge on any atom is -0.478 e. The highest BCUT2D eigenvalue weighted by Gasteiger charge is 2.14. The average molecular weight is 223 g/mol. The van der Waals surface area contributed by atoms with Crippen molar-refractivity contribution < 1.29 is 9.90 Å². The van der Waals surface area contributed by atoms with Crippen LogP contribution in [-0.4, -0.2) is 20.9 Å². The third kappa shape index (κ3) is 1.71. The molecule has 4 nitrogen and oxygen atoms in total. The Morgan fingerprint density at radius 2 is 2.20 bits per heavy atom. The van der Waals surface area contributed by atoms with Crippen molar-refractivity contribution in [1.82, 2.24) is 9.78 Å². The lowest BCUT2D eigenvalue weighted by Crippen LogP contribution is -2.06. The summed E-state index contributed by atoms with van der Waals surface area (Å²) in [7, 11) is 0. The minimum atomic E-state index is -1.02. The Labute approximate surface area is 90.7 Å². The fourth-order valence-corrected chi connectivity index (χ4v) is 1.58. The molecule has 0 saturated heterocycles. The maximum absolute atomic E-state index is 11.0. The molecule has 0 aliphatic carbocycles. The van der Waals surface area contributed by atoms with Gasteiger partial charge in [-0.25, -0.2) is 9.48 Å². The average Bonchev–Trinajstić information content (AvgIpc) is 2.70. The lowest BCUT2D eigenvalue weighted by molar-refractivity contribution is 0.0696. The van der Waals surface area contributed by atoms with Crippen LogP contribution < -0.4 is 0 Å². The molecule has 0 aliphatic heterocycles. The van der Waals surface area contributed by atoms with E-state index in [0.717, 1.165) is 0 Å². The number of carbonyl (C=O) groups is 1. The summed E-state index contributed by atoms with van der Waals surface area (Å²) >= 11 is 5.94. The first-order chi connectivity index (χ1) is 7.20. The number of aromatic carboxylic acids is 1. The van der Waals surface area contributed by atoms with Gasteiger partial charge < -0.3 is 5.11 Å². The number of para-hydroxylation sites is 1. The molecule has 5 heteroatoms. The Morgan fingerprint density at radius 1 is 1.40 bits per heavy atom. The highest BCUT2D eigenvalue weighted by Crippen LogP contribution is 2.23. The second-order valence-corrected chi connectivity index (χ2v) is 3.30. The van der Waals surface area contributed by atoms with Gasteiger partial charge in [0.25, 0.3) is 0 Å². The van der Waals surface area contributed by atoms with E-state index in [1.165, 1.54) is 10.7 Å². The molecule has 1 aromatic heterocycles. The van der Waals surface area contributed by atoms with E-state index in [1.807, 2.05) is 0 Å². The standard InChI is InChI=1S/C10H7ClN2O2/c11-8-4-1-3-7(10(14)15)9(8)13-6-2-5-12-13/h1-6H,(H,14,15). The monoisotopic (exact) mass is 222 g/mol. The van der Waals surface area contributed by atoms with Crippen LogP contribution in [0.4, 0.5) is 0 Å². The zero-order valence-electron chi connectivity index (χ0n) is 7.59. The van der Waals surface area contributed by atoms with E-state index >= 15 is 0 Å². The maximum atomic E-state index is 11.0. The fourth-order valence-electron chi connectivity index (χ4n) is 1.32. The smallest absolute Gasteiger partial charge is 0.337 e. The van der Waals surface area contributed by atoms with Gasteiger partial charge in [-0.1, -0.05) is 17.7 Å². The molecule has 0 aliphatic rings. The number of halogens is 1. The maximum Gasteiger partial charge on any atom is 0.337 e. The van der Waals surface area contributed by atoms with E-state index in [1.54, 1.807) is 30.6 Å². The van der Waals surface area contributed by atoms with Gasteiger partial charge >= 0.3 is 5.97 Å². The van der Waals surface area contributed by atoms with E-state index < -0.39 is 5.97 Å². The van der Waals surface area contributed by atoms with E-state index in [4.69, 9.17) is 16.7 Å². The van der Waals surface area contributed by atoms with Gasteiger partial charge in [0.15, 0.2) is 0 Å². The van der Waals surface area contributed by atoms with Crippen LogP contribution in [0.15, 0.2) is 36.7 Å². The highest BCUT2D eigenvalue weighted by molar-refractivity contribution is 6.33. The number of benzene rings is 1. The van der Waals surface area contributed by atoms with Crippen LogP contribution >= 0.6 is 11.6 Å².